The van der Waals surface area contributed by atoms with Crippen LogP contribution < -0.4 is 5.73 Å². The lowest BCUT2D eigenvalue weighted by molar-refractivity contribution is 0.251. The summed E-state index contributed by atoms with van der Waals surface area (Å²) in [6.07, 6.45) is 3.51. The molecule has 0 saturated carbocycles. The lowest BCUT2D eigenvalue weighted by atomic mass is 9.70. The molecule has 0 bridgehead atoms. The summed E-state index contributed by atoms with van der Waals surface area (Å²) in [5.74, 6) is -0.251. The van der Waals surface area contributed by atoms with Crippen LogP contribution in [0.3, 0.4) is 0 Å². The van der Waals surface area contributed by atoms with E-state index in [4.69, 9.17) is 5.73 Å². The Labute approximate surface area is 140 Å². The van der Waals surface area contributed by atoms with Crippen LogP contribution in [0.15, 0.2) is 54.7 Å². The van der Waals surface area contributed by atoms with Crippen molar-refractivity contribution >= 4 is 16.9 Å². The summed E-state index contributed by atoms with van der Waals surface area (Å²) < 4.78 is 14.9. The van der Waals surface area contributed by atoms with Crippen molar-refractivity contribution in [2.45, 2.75) is 32.1 Å². The Balaban J connectivity index is 2.32. The molecule has 0 saturated heterocycles. The molecular formula is C20H21FN2O. The molecule has 124 valence electrons. The Morgan fingerprint density at radius 2 is 1.71 bits per heavy atom. The van der Waals surface area contributed by atoms with Crippen LogP contribution in [0.1, 0.15) is 37.8 Å². The third-order valence-electron chi connectivity index (χ3n) is 5.07. The molecule has 3 nitrogen and oxygen atoms in total. The van der Waals surface area contributed by atoms with Crippen molar-refractivity contribution in [3.05, 3.63) is 71.7 Å². The van der Waals surface area contributed by atoms with Gasteiger partial charge < -0.3 is 5.73 Å². The van der Waals surface area contributed by atoms with Crippen LogP contribution in [0.2, 0.25) is 0 Å². The van der Waals surface area contributed by atoms with Crippen LogP contribution in [0, 0.1) is 5.82 Å². The molecule has 1 amide bonds. The van der Waals surface area contributed by atoms with E-state index in [0.29, 0.717) is 0 Å². The summed E-state index contributed by atoms with van der Waals surface area (Å²) in [5, 5.41) is 1.00. The average molecular weight is 324 g/mol. The number of hydrogen-bond donors (Lipinski definition) is 1. The van der Waals surface area contributed by atoms with Gasteiger partial charge in [0.1, 0.15) is 5.82 Å². The minimum Gasteiger partial charge on any atom is -0.351 e. The molecule has 24 heavy (non-hydrogen) atoms. The van der Waals surface area contributed by atoms with Gasteiger partial charge in [-0.25, -0.2) is 9.18 Å². The van der Waals surface area contributed by atoms with E-state index in [2.05, 4.69) is 13.8 Å². The van der Waals surface area contributed by atoms with Crippen LogP contribution in [-0.4, -0.2) is 10.6 Å². The van der Waals surface area contributed by atoms with Crippen LogP contribution in [-0.2, 0) is 5.41 Å². The van der Waals surface area contributed by atoms with Crippen LogP contribution >= 0.6 is 0 Å². The van der Waals surface area contributed by atoms with Gasteiger partial charge >= 0.3 is 6.03 Å². The zero-order valence-electron chi connectivity index (χ0n) is 13.9. The van der Waals surface area contributed by atoms with Gasteiger partial charge in [-0.15, -0.1) is 0 Å². The Morgan fingerprint density at radius 3 is 2.29 bits per heavy atom. The molecule has 0 fully saturated rings. The summed E-state index contributed by atoms with van der Waals surface area (Å²) in [7, 11) is 0. The molecule has 1 heterocycles. The van der Waals surface area contributed by atoms with Crippen LogP contribution in [0.5, 0.6) is 0 Å². The number of nitrogens with two attached hydrogens (primary N) is 1. The number of fused-ring (bicyclic) bond motifs is 1. The second-order valence-electron chi connectivity index (χ2n) is 6.06. The van der Waals surface area contributed by atoms with Crippen molar-refractivity contribution in [3.63, 3.8) is 0 Å². The number of nitrogens with zero attached hydrogens (tertiary/aromatic N) is 1. The lowest BCUT2D eigenvalue weighted by Gasteiger charge is -2.32. The zero-order chi connectivity index (χ0) is 17.3. The highest BCUT2D eigenvalue weighted by atomic mass is 19.1. The molecule has 0 atom stereocenters. The summed E-state index contributed by atoms with van der Waals surface area (Å²) in [4.78, 5) is 11.8. The molecule has 2 N–H and O–H groups in total. The Morgan fingerprint density at radius 1 is 1.08 bits per heavy atom. The van der Waals surface area contributed by atoms with E-state index in [9.17, 15) is 9.18 Å². The maximum atomic E-state index is 13.4. The minimum atomic E-state index is -0.502. The van der Waals surface area contributed by atoms with Crippen LogP contribution in [0.25, 0.3) is 10.9 Å². The number of carbonyl (C=O) groups is 1. The van der Waals surface area contributed by atoms with Gasteiger partial charge in [0.15, 0.2) is 0 Å². The SMILES string of the molecule is CCC(CC)(c1ccc(F)cc1)c1cn(C(N)=O)c2ccccc12. The van der Waals surface area contributed by atoms with E-state index < -0.39 is 6.03 Å². The number of amides is 1. The van der Waals surface area contributed by atoms with Crippen molar-refractivity contribution in [2.75, 3.05) is 0 Å². The number of carbonyl (C=O) groups excluding carboxylic acids is 1. The number of primary amides is 1. The lowest BCUT2D eigenvalue weighted by Crippen LogP contribution is -2.26. The van der Waals surface area contributed by atoms with Gasteiger partial charge in [-0.1, -0.05) is 44.2 Å². The normalized spacial score (nSPS) is 11.8. The second-order valence-corrected chi connectivity index (χ2v) is 6.06. The summed E-state index contributed by atoms with van der Waals surface area (Å²) in [5.41, 5.74) is 8.15. The predicted octanol–water partition coefficient (Wildman–Crippen LogP) is 4.81. The zero-order valence-corrected chi connectivity index (χ0v) is 13.9. The smallest absolute Gasteiger partial charge is 0.323 e. The monoisotopic (exact) mass is 324 g/mol. The van der Waals surface area contributed by atoms with E-state index in [1.54, 1.807) is 0 Å². The Kier molecular flexibility index (Phi) is 4.14. The third kappa shape index (κ3) is 2.39. The van der Waals surface area contributed by atoms with Gasteiger partial charge in [0.2, 0.25) is 0 Å². The molecule has 4 heteroatoms. The highest BCUT2D eigenvalue weighted by Gasteiger charge is 2.34. The molecule has 0 radical (unpaired) electrons. The topological polar surface area (TPSA) is 48.0 Å². The average Bonchev–Trinajstić information content (AvgIpc) is 2.99. The van der Waals surface area contributed by atoms with Crippen molar-refractivity contribution in [3.8, 4) is 0 Å². The number of halogens is 1. The van der Waals surface area contributed by atoms with Gasteiger partial charge in [-0.2, -0.15) is 0 Å². The fourth-order valence-corrected chi connectivity index (χ4v) is 3.71. The fourth-order valence-electron chi connectivity index (χ4n) is 3.71. The van der Waals surface area contributed by atoms with E-state index in [1.165, 1.54) is 16.7 Å². The molecule has 2 aromatic carbocycles. The highest BCUT2D eigenvalue weighted by molar-refractivity contribution is 5.94. The first kappa shape index (κ1) is 16.2. The number of rotatable bonds is 4. The molecule has 3 aromatic rings. The second kappa shape index (κ2) is 6.11. The minimum absolute atomic E-state index is 0.251. The molecule has 0 unspecified atom stereocenters. The Bertz CT molecular complexity index is 876. The summed E-state index contributed by atoms with van der Waals surface area (Å²) in [6, 6.07) is 13.9. The number of para-hydroxylation sites is 1. The molecule has 0 spiro atoms. The fraction of sp³-hybridized carbons (Fsp3) is 0.250. The van der Waals surface area contributed by atoms with E-state index in [1.807, 2.05) is 42.6 Å². The third-order valence-corrected chi connectivity index (χ3v) is 5.07. The summed E-state index contributed by atoms with van der Waals surface area (Å²) >= 11 is 0. The van der Waals surface area contributed by atoms with E-state index >= 15 is 0 Å². The number of benzene rings is 2. The first-order chi connectivity index (χ1) is 11.5. The molecule has 3 rings (SSSR count). The van der Waals surface area contributed by atoms with Crippen molar-refractivity contribution in [1.82, 2.24) is 4.57 Å². The van der Waals surface area contributed by atoms with E-state index in [-0.39, 0.29) is 11.2 Å². The van der Waals surface area contributed by atoms with Crippen LogP contribution in [0.4, 0.5) is 9.18 Å². The van der Waals surface area contributed by atoms with Crippen molar-refractivity contribution in [1.29, 1.82) is 0 Å². The predicted molar refractivity (Wildman–Crippen MR) is 94.7 cm³/mol. The van der Waals surface area contributed by atoms with Gasteiger partial charge in [0, 0.05) is 17.0 Å². The highest BCUT2D eigenvalue weighted by Crippen LogP contribution is 2.42. The van der Waals surface area contributed by atoms with Crippen molar-refractivity contribution in [2.24, 2.45) is 5.73 Å². The molecule has 0 aliphatic heterocycles. The van der Waals surface area contributed by atoms with E-state index in [0.717, 1.165) is 34.9 Å². The summed E-state index contributed by atoms with van der Waals surface area (Å²) in [6.45, 7) is 4.23. The quantitative estimate of drug-likeness (QED) is 0.735. The first-order valence-electron chi connectivity index (χ1n) is 8.20. The molecule has 0 aliphatic carbocycles. The maximum absolute atomic E-state index is 13.4. The van der Waals surface area contributed by atoms with Gasteiger partial charge in [-0.05, 0) is 42.2 Å². The van der Waals surface area contributed by atoms with Crippen molar-refractivity contribution < 1.29 is 9.18 Å². The van der Waals surface area contributed by atoms with Gasteiger partial charge in [0.05, 0.1) is 5.52 Å². The Hall–Kier alpha value is -2.62. The molecule has 1 aromatic heterocycles. The molecular weight excluding hydrogens is 303 g/mol. The van der Waals surface area contributed by atoms with Gasteiger partial charge in [-0.3, -0.25) is 4.57 Å². The van der Waals surface area contributed by atoms with Gasteiger partial charge in [0.25, 0.3) is 0 Å². The number of hydrogen-bond acceptors (Lipinski definition) is 1. The maximum Gasteiger partial charge on any atom is 0.323 e. The standard InChI is InChI=1S/C20H21FN2O/c1-3-20(4-2,14-9-11-15(21)12-10-14)17-13-23(19(22)24)18-8-6-5-7-16(17)18/h5-13H,3-4H2,1-2H3,(H2,22,24). The molecule has 0 aliphatic rings. The number of aromatic nitrogens is 1. The first-order valence-corrected chi connectivity index (χ1v) is 8.20. The largest absolute Gasteiger partial charge is 0.351 e.